The Labute approximate surface area is 96.9 Å². The van der Waals surface area contributed by atoms with Gasteiger partial charge in [0.2, 0.25) is 0 Å². The summed E-state index contributed by atoms with van der Waals surface area (Å²) >= 11 is 1.85. The van der Waals surface area contributed by atoms with Gasteiger partial charge in [0.05, 0.1) is 0 Å². The molecule has 15 heavy (non-hydrogen) atoms. The average Bonchev–Trinajstić information content (AvgIpc) is 2.73. The highest BCUT2D eigenvalue weighted by molar-refractivity contribution is 7.09. The largest absolute Gasteiger partial charge is 0.307 e. The Morgan fingerprint density at radius 1 is 1.47 bits per heavy atom. The van der Waals surface area contributed by atoms with Gasteiger partial charge >= 0.3 is 0 Å². The molecule has 1 fully saturated rings. The van der Waals surface area contributed by atoms with Crippen LogP contribution >= 0.6 is 11.3 Å². The summed E-state index contributed by atoms with van der Waals surface area (Å²) < 4.78 is 0. The van der Waals surface area contributed by atoms with E-state index in [2.05, 4.69) is 36.7 Å². The molecule has 0 amide bonds. The molecule has 1 aromatic heterocycles. The Morgan fingerprint density at radius 3 is 2.80 bits per heavy atom. The molecule has 1 nitrogen and oxygen atoms in total. The molecule has 84 valence electrons. The third-order valence-electron chi connectivity index (χ3n) is 3.65. The molecule has 2 heteroatoms. The first-order valence-corrected chi connectivity index (χ1v) is 6.83. The van der Waals surface area contributed by atoms with Crippen molar-refractivity contribution in [3.8, 4) is 0 Å². The van der Waals surface area contributed by atoms with Crippen molar-refractivity contribution >= 4 is 11.3 Å². The predicted octanol–water partition coefficient (Wildman–Crippen LogP) is 3.81. The fourth-order valence-electron chi connectivity index (χ4n) is 2.29. The van der Waals surface area contributed by atoms with Crippen molar-refractivity contribution in [1.29, 1.82) is 0 Å². The molecule has 1 N–H and O–H groups in total. The minimum absolute atomic E-state index is 0.385. The molecule has 0 spiro atoms. The van der Waals surface area contributed by atoms with Crippen LogP contribution in [0.1, 0.15) is 44.4 Å². The molecule has 0 radical (unpaired) electrons. The molecule has 0 aliphatic heterocycles. The number of hydrogen-bond donors (Lipinski definition) is 1. The van der Waals surface area contributed by atoms with Crippen LogP contribution in [0.2, 0.25) is 0 Å². The summed E-state index contributed by atoms with van der Waals surface area (Å²) in [5.74, 6) is 0.932. The Morgan fingerprint density at radius 2 is 2.20 bits per heavy atom. The summed E-state index contributed by atoms with van der Waals surface area (Å²) in [6, 6.07) is 4.35. The van der Waals surface area contributed by atoms with Gasteiger partial charge in [-0.15, -0.1) is 11.3 Å². The Hall–Kier alpha value is -0.340. The van der Waals surface area contributed by atoms with Crippen molar-refractivity contribution < 1.29 is 0 Å². The van der Waals surface area contributed by atoms with Gasteiger partial charge in [-0.1, -0.05) is 13.0 Å². The second-order valence-electron chi connectivity index (χ2n) is 5.18. The second kappa shape index (κ2) is 4.67. The van der Waals surface area contributed by atoms with Gasteiger partial charge in [0.15, 0.2) is 0 Å². The molecule has 1 heterocycles. The van der Waals surface area contributed by atoms with Crippen LogP contribution in [0.4, 0.5) is 0 Å². The van der Waals surface area contributed by atoms with E-state index in [4.69, 9.17) is 0 Å². The molecule has 1 aliphatic carbocycles. The van der Waals surface area contributed by atoms with E-state index in [9.17, 15) is 0 Å². The zero-order chi connectivity index (χ0) is 10.7. The minimum Gasteiger partial charge on any atom is -0.307 e. The third kappa shape index (κ3) is 3.05. The monoisotopic (exact) mass is 223 g/mol. The molecule has 1 aromatic rings. The van der Waals surface area contributed by atoms with Crippen LogP contribution in [0.3, 0.4) is 0 Å². The van der Waals surface area contributed by atoms with Crippen molar-refractivity contribution in [2.75, 3.05) is 0 Å². The molecule has 1 aliphatic rings. The van der Waals surface area contributed by atoms with Crippen LogP contribution in [0.25, 0.3) is 0 Å². The van der Waals surface area contributed by atoms with Gasteiger partial charge in [0, 0.05) is 17.0 Å². The molecule has 0 bridgehead atoms. The van der Waals surface area contributed by atoms with E-state index >= 15 is 0 Å². The normalized spacial score (nSPS) is 31.7. The highest BCUT2D eigenvalue weighted by atomic mass is 32.1. The Kier molecular flexibility index (Phi) is 3.47. The molecule has 0 atom stereocenters. The van der Waals surface area contributed by atoms with Crippen LogP contribution in [0.5, 0.6) is 0 Å². The topological polar surface area (TPSA) is 12.0 Å². The Balaban J connectivity index is 1.83. The van der Waals surface area contributed by atoms with Gasteiger partial charge in [0.1, 0.15) is 0 Å². The summed E-state index contributed by atoms with van der Waals surface area (Å²) in [6.45, 7) is 5.80. The number of rotatable bonds is 3. The van der Waals surface area contributed by atoms with Crippen molar-refractivity contribution in [3.05, 3.63) is 22.4 Å². The lowest BCUT2D eigenvalue weighted by atomic mass is 9.78. The first kappa shape index (κ1) is 11.2. The minimum atomic E-state index is 0.385. The quantitative estimate of drug-likeness (QED) is 0.821. The highest BCUT2D eigenvalue weighted by Crippen LogP contribution is 2.31. The van der Waals surface area contributed by atoms with Crippen LogP contribution < -0.4 is 5.32 Å². The maximum atomic E-state index is 3.73. The first-order valence-electron chi connectivity index (χ1n) is 5.95. The van der Waals surface area contributed by atoms with E-state index in [0.717, 1.165) is 12.5 Å². The van der Waals surface area contributed by atoms with E-state index in [1.807, 2.05) is 11.3 Å². The van der Waals surface area contributed by atoms with E-state index in [1.165, 1.54) is 30.6 Å². The van der Waals surface area contributed by atoms with Gasteiger partial charge in [-0.3, -0.25) is 0 Å². The van der Waals surface area contributed by atoms with Crippen molar-refractivity contribution in [2.45, 2.75) is 51.6 Å². The molecule has 0 aromatic carbocycles. The van der Waals surface area contributed by atoms with E-state index in [0.29, 0.717) is 5.54 Å². The van der Waals surface area contributed by atoms with Gasteiger partial charge in [-0.2, -0.15) is 0 Å². The summed E-state index contributed by atoms with van der Waals surface area (Å²) in [5.41, 5.74) is 0.385. The zero-order valence-corrected chi connectivity index (χ0v) is 10.6. The molecule has 0 saturated heterocycles. The SMILES string of the molecule is CC1CCC(C)(NCc2cccs2)CC1. The van der Waals surface area contributed by atoms with Crippen molar-refractivity contribution in [3.63, 3.8) is 0 Å². The van der Waals surface area contributed by atoms with Crippen LogP contribution in [0, 0.1) is 5.92 Å². The second-order valence-corrected chi connectivity index (χ2v) is 6.21. The van der Waals surface area contributed by atoms with Crippen LogP contribution in [-0.2, 0) is 6.54 Å². The number of hydrogen-bond acceptors (Lipinski definition) is 2. The molecular weight excluding hydrogens is 202 g/mol. The van der Waals surface area contributed by atoms with E-state index < -0.39 is 0 Å². The summed E-state index contributed by atoms with van der Waals surface area (Å²) in [4.78, 5) is 1.45. The first-order chi connectivity index (χ1) is 7.18. The third-order valence-corrected chi connectivity index (χ3v) is 4.52. The summed E-state index contributed by atoms with van der Waals surface area (Å²) in [6.07, 6.45) is 5.43. The van der Waals surface area contributed by atoms with Gasteiger partial charge < -0.3 is 5.32 Å². The Bertz CT molecular complexity index is 283. The van der Waals surface area contributed by atoms with Crippen LogP contribution in [-0.4, -0.2) is 5.54 Å². The lowest BCUT2D eigenvalue weighted by Gasteiger charge is -2.37. The lowest BCUT2D eigenvalue weighted by molar-refractivity contribution is 0.213. The maximum Gasteiger partial charge on any atom is 0.0304 e. The van der Waals surface area contributed by atoms with Gasteiger partial charge in [-0.05, 0) is 50.0 Å². The lowest BCUT2D eigenvalue weighted by Crippen LogP contribution is -2.44. The van der Waals surface area contributed by atoms with Gasteiger partial charge in [-0.25, -0.2) is 0 Å². The fraction of sp³-hybridized carbons (Fsp3) is 0.692. The highest BCUT2D eigenvalue weighted by Gasteiger charge is 2.28. The maximum absolute atomic E-state index is 3.73. The zero-order valence-electron chi connectivity index (χ0n) is 9.75. The van der Waals surface area contributed by atoms with Gasteiger partial charge in [0.25, 0.3) is 0 Å². The van der Waals surface area contributed by atoms with E-state index in [1.54, 1.807) is 0 Å². The molecule has 1 saturated carbocycles. The van der Waals surface area contributed by atoms with E-state index in [-0.39, 0.29) is 0 Å². The fourth-order valence-corrected chi connectivity index (χ4v) is 2.93. The predicted molar refractivity (Wildman–Crippen MR) is 67.2 cm³/mol. The summed E-state index contributed by atoms with van der Waals surface area (Å²) in [5, 5.41) is 5.89. The molecule has 0 unspecified atom stereocenters. The molecular formula is C13H21NS. The summed E-state index contributed by atoms with van der Waals surface area (Å²) in [7, 11) is 0. The van der Waals surface area contributed by atoms with Crippen molar-refractivity contribution in [1.82, 2.24) is 5.32 Å². The molecule has 2 rings (SSSR count). The van der Waals surface area contributed by atoms with Crippen molar-refractivity contribution in [2.24, 2.45) is 5.92 Å². The number of thiophene rings is 1. The standard InChI is InChI=1S/C13H21NS/c1-11-5-7-13(2,8-6-11)14-10-12-4-3-9-15-12/h3-4,9,11,14H,5-8,10H2,1-2H3. The smallest absolute Gasteiger partial charge is 0.0304 e. The number of nitrogens with one attached hydrogen (secondary N) is 1. The average molecular weight is 223 g/mol. The van der Waals surface area contributed by atoms with Crippen LogP contribution in [0.15, 0.2) is 17.5 Å².